The quantitative estimate of drug-likeness (QED) is 0.180. The molecule has 12 rings (SSSR count). The summed E-state index contributed by atoms with van der Waals surface area (Å²) in [6, 6.07) is 70.7. The summed E-state index contributed by atoms with van der Waals surface area (Å²) in [5, 5.41) is 4.93. The first-order valence-corrected chi connectivity index (χ1v) is 19.1. The molecule has 0 heterocycles. The van der Waals surface area contributed by atoms with Crippen molar-refractivity contribution in [2.75, 3.05) is 0 Å². The van der Waals surface area contributed by atoms with Gasteiger partial charge in [-0.25, -0.2) is 0 Å². The smallest absolute Gasteiger partial charge is 0.176 e. The summed E-state index contributed by atoms with van der Waals surface area (Å²) in [6.45, 7) is 0. The van der Waals surface area contributed by atoms with E-state index in [9.17, 15) is 0 Å². The third kappa shape index (κ3) is 3.40. The van der Waals surface area contributed by atoms with E-state index < -0.39 is 10.8 Å². The summed E-state index contributed by atoms with van der Waals surface area (Å²) in [7, 11) is 0. The zero-order chi connectivity index (χ0) is 35.6. The molecule has 4 atom stereocenters. The van der Waals surface area contributed by atoms with E-state index in [1.165, 1.54) is 54.9 Å². The number of Topliss-reactive ketones (excluding diaryl/α,β-unsaturated/α-hetero) is 1. The molecule has 0 saturated heterocycles. The van der Waals surface area contributed by atoms with Gasteiger partial charge in [-0.2, -0.15) is 0 Å². The average Bonchev–Trinajstić information content (AvgIpc) is 3.70. The molecule has 8 aromatic rings. The highest BCUT2D eigenvalue weighted by Crippen LogP contribution is 2.80. The zero-order valence-electron chi connectivity index (χ0n) is 29.5. The van der Waals surface area contributed by atoms with Crippen molar-refractivity contribution in [2.45, 2.75) is 22.7 Å². The highest BCUT2D eigenvalue weighted by Gasteiger charge is 2.76. The molecule has 0 aromatic heterocycles. The number of rotatable bonds is 4. The van der Waals surface area contributed by atoms with E-state index in [0.717, 1.165) is 33.4 Å². The Morgan fingerprint density at radius 3 is 1.54 bits per heavy atom. The molecular weight excluding hydrogens is 653 g/mol. The lowest BCUT2D eigenvalue weighted by molar-refractivity contribution is -0.120. The molecule has 0 bridgehead atoms. The first kappa shape index (κ1) is 29.9. The van der Waals surface area contributed by atoms with Crippen LogP contribution in [0, 0.1) is 0 Å². The Morgan fingerprint density at radius 1 is 0.407 bits per heavy atom. The Balaban J connectivity index is 1.44. The summed E-state index contributed by atoms with van der Waals surface area (Å²) in [6.07, 6.45) is 0. The number of hydrogen-bond acceptors (Lipinski definition) is 1. The molecule has 4 unspecified atom stereocenters. The average molecular weight is 687 g/mol. The molecule has 0 saturated carbocycles. The van der Waals surface area contributed by atoms with Gasteiger partial charge in [-0.3, -0.25) is 4.79 Å². The van der Waals surface area contributed by atoms with Crippen LogP contribution in [0.25, 0.3) is 43.8 Å². The molecule has 1 nitrogen and oxygen atoms in total. The van der Waals surface area contributed by atoms with E-state index in [1.54, 1.807) is 0 Å². The van der Waals surface area contributed by atoms with Crippen LogP contribution in [-0.2, 0) is 15.6 Å². The standard InChI is InChI=1S/C53H34O/c54-51-46(36-19-7-2-8-20-36)49-42-32-16-24-34-23-15-31-41(44(34)42)48-45(35-17-5-1-6-18-35)47-39-29-13-21-33-22-14-30-40(43(33)39)50(47)53(51,38-27-11-4-12-28-38)52(48,49)37-25-9-3-10-26-37/h1-32,47,50H. The summed E-state index contributed by atoms with van der Waals surface area (Å²) in [5.74, 6) is -0.0808. The Labute approximate surface area is 314 Å². The number of ketones is 1. The van der Waals surface area contributed by atoms with Gasteiger partial charge < -0.3 is 0 Å². The number of benzene rings is 8. The second-order valence-corrected chi connectivity index (χ2v) is 15.3. The van der Waals surface area contributed by atoms with Crippen molar-refractivity contribution in [1.29, 1.82) is 0 Å². The van der Waals surface area contributed by atoms with Crippen molar-refractivity contribution < 1.29 is 4.79 Å². The third-order valence-corrected chi connectivity index (χ3v) is 13.2. The van der Waals surface area contributed by atoms with E-state index in [0.29, 0.717) is 0 Å². The maximum absolute atomic E-state index is 17.0. The Kier molecular flexibility index (Phi) is 5.96. The minimum absolute atomic E-state index is 0.0821. The van der Waals surface area contributed by atoms with Crippen LogP contribution < -0.4 is 0 Å². The molecule has 0 spiro atoms. The summed E-state index contributed by atoms with van der Waals surface area (Å²) >= 11 is 0. The van der Waals surface area contributed by atoms with Crippen LogP contribution in [0.3, 0.4) is 0 Å². The number of carbonyl (C=O) groups is 1. The van der Waals surface area contributed by atoms with Crippen LogP contribution in [0.15, 0.2) is 194 Å². The van der Waals surface area contributed by atoms with Gasteiger partial charge in [-0.05, 0) is 82.8 Å². The van der Waals surface area contributed by atoms with E-state index in [1.807, 2.05) is 0 Å². The van der Waals surface area contributed by atoms with Crippen molar-refractivity contribution >= 4 is 49.6 Å². The van der Waals surface area contributed by atoms with Crippen LogP contribution in [-0.4, -0.2) is 5.78 Å². The lowest BCUT2D eigenvalue weighted by Gasteiger charge is -2.59. The third-order valence-electron chi connectivity index (χ3n) is 13.2. The second-order valence-electron chi connectivity index (χ2n) is 15.3. The molecule has 0 N–H and O–H groups in total. The van der Waals surface area contributed by atoms with Crippen LogP contribution in [0.5, 0.6) is 0 Å². The monoisotopic (exact) mass is 686 g/mol. The Bertz CT molecular complexity index is 2930. The van der Waals surface area contributed by atoms with Crippen LogP contribution in [0.2, 0.25) is 0 Å². The van der Waals surface area contributed by atoms with Gasteiger partial charge >= 0.3 is 0 Å². The van der Waals surface area contributed by atoms with E-state index >= 15 is 4.79 Å². The molecule has 4 aliphatic rings. The van der Waals surface area contributed by atoms with Crippen LogP contribution in [0.4, 0.5) is 0 Å². The van der Waals surface area contributed by atoms with Gasteiger partial charge in [0.1, 0.15) is 0 Å². The number of fused-ring (bicyclic) bond motifs is 6. The topological polar surface area (TPSA) is 17.1 Å². The molecule has 252 valence electrons. The molecule has 0 radical (unpaired) electrons. The maximum atomic E-state index is 17.0. The highest BCUT2D eigenvalue weighted by atomic mass is 16.1. The summed E-state index contributed by atoms with van der Waals surface area (Å²) < 4.78 is 0. The molecule has 8 aromatic carbocycles. The molecule has 0 aliphatic heterocycles. The first-order valence-electron chi connectivity index (χ1n) is 19.1. The van der Waals surface area contributed by atoms with E-state index in [2.05, 4.69) is 194 Å². The van der Waals surface area contributed by atoms with Gasteiger partial charge in [-0.15, -0.1) is 0 Å². The van der Waals surface area contributed by atoms with Crippen molar-refractivity contribution in [2.24, 2.45) is 0 Å². The van der Waals surface area contributed by atoms with Crippen molar-refractivity contribution in [3.63, 3.8) is 0 Å². The van der Waals surface area contributed by atoms with Crippen molar-refractivity contribution in [1.82, 2.24) is 0 Å². The van der Waals surface area contributed by atoms with Gasteiger partial charge in [0.2, 0.25) is 0 Å². The first-order chi connectivity index (χ1) is 26.8. The zero-order valence-corrected chi connectivity index (χ0v) is 29.5. The molecule has 0 amide bonds. The van der Waals surface area contributed by atoms with Crippen molar-refractivity contribution in [3.8, 4) is 0 Å². The Hall–Kier alpha value is -6.57. The fourth-order valence-corrected chi connectivity index (χ4v) is 11.7. The molecule has 4 aliphatic carbocycles. The predicted octanol–water partition coefficient (Wildman–Crippen LogP) is 12.2. The number of carbonyl (C=O) groups excluding carboxylic acids is 1. The molecule has 0 fully saturated rings. The summed E-state index contributed by atoms with van der Waals surface area (Å²) in [4.78, 5) is 17.0. The van der Waals surface area contributed by atoms with Crippen LogP contribution >= 0.6 is 0 Å². The normalized spacial score (nSPS) is 23.2. The minimum Gasteiger partial charge on any atom is -0.293 e. The van der Waals surface area contributed by atoms with Gasteiger partial charge in [0, 0.05) is 17.4 Å². The highest BCUT2D eigenvalue weighted by molar-refractivity contribution is 6.43. The van der Waals surface area contributed by atoms with Gasteiger partial charge in [0.25, 0.3) is 0 Å². The SMILES string of the molecule is O=C1C(c2ccccc2)=C2c3cccc4cccc(c34)C3=C(c4ccccc4)C4c5cccc6cccc(c56)C4C1(c1ccccc1)C23c1ccccc1. The predicted molar refractivity (Wildman–Crippen MR) is 221 cm³/mol. The van der Waals surface area contributed by atoms with E-state index in [-0.39, 0.29) is 17.6 Å². The Morgan fingerprint density at radius 2 is 0.907 bits per heavy atom. The number of allylic oxidation sites excluding steroid dienone is 4. The van der Waals surface area contributed by atoms with Crippen molar-refractivity contribution in [3.05, 3.63) is 239 Å². The maximum Gasteiger partial charge on any atom is 0.176 e. The lowest BCUT2D eigenvalue weighted by Crippen LogP contribution is -2.59. The van der Waals surface area contributed by atoms with Crippen LogP contribution in [0.1, 0.15) is 56.3 Å². The molecular formula is C53H34O. The summed E-state index contributed by atoms with van der Waals surface area (Å²) in [5.41, 5.74) is 12.0. The second kappa shape index (κ2) is 10.7. The lowest BCUT2D eigenvalue weighted by atomic mass is 9.40. The number of hydrogen-bond donors (Lipinski definition) is 0. The largest absolute Gasteiger partial charge is 0.293 e. The van der Waals surface area contributed by atoms with Gasteiger partial charge in [0.15, 0.2) is 5.78 Å². The van der Waals surface area contributed by atoms with Gasteiger partial charge in [-0.1, -0.05) is 194 Å². The fraction of sp³-hybridized carbons (Fsp3) is 0.0755. The van der Waals surface area contributed by atoms with E-state index in [4.69, 9.17) is 0 Å². The molecule has 54 heavy (non-hydrogen) atoms. The minimum atomic E-state index is -1.04. The fourth-order valence-electron chi connectivity index (χ4n) is 11.7. The molecule has 1 heteroatoms. The van der Waals surface area contributed by atoms with Gasteiger partial charge in [0.05, 0.1) is 10.8 Å².